The summed E-state index contributed by atoms with van der Waals surface area (Å²) in [7, 11) is 7.90. The Hall–Kier alpha value is -3.70. The lowest BCUT2D eigenvalue weighted by Crippen LogP contribution is -2.37. The number of hydrogen-bond donors (Lipinski definition) is 1. The Labute approximate surface area is 164 Å². The van der Waals surface area contributed by atoms with Crippen molar-refractivity contribution in [2.75, 3.05) is 0 Å². The predicted molar refractivity (Wildman–Crippen MR) is 109 cm³/mol. The highest BCUT2D eigenvalue weighted by Crippen LogP contribution is 2.01. The number of H-pyrrole nitrogens is 1. The fraction of sp³-hybridized carbons (Fsp3) is 0.412. The fourth-order valence-electron chi connectivity index (χ4n) is 2.68. The molecule has 0 aliphatic heterocycles. The van der Waals surface area contributed by atoms with Gasteiger partial charge in [-0.05, 0) is 0 Å². The van der Waals surface area contributed by atoms with E-state index in [-0.39, 0.29) is 16.8 Å². The number of aryl methyl sites for hydroxylation is 3. The molecule has 0 radical (unpaired) electrons. The lowest BCUT2D eigenvalue weighted by Gasteiger charge is -2.02. The maximum absolute atomic E-state index is 11.7. The average molecular weight is 404 g/mol. The maximum Gasteiger partial charge on any atom is 0.332 e. The minimum Gasteiger partial charge on any atom is -0.328 e. The van der Waals surface area contributed by atoms with Crippen LogP contribution in [0.15, 0.2) is 31.8 Å². The highest BCUT2D eigenvalue weighted by Gasteiger charge is 2.11. The Kier molecular flexibility index (Phi) is 6.05. The molecule has 0 bridgehead atoms. The first-order valence-electron chi connectivity index (χ1n) is 8.82. The van der Waals surface area contributed by atoms with E-state index in [0.717, 1.165) is 9.13 Å². The molecule has 4 rings (SSSR count). The van der Waals surface area contributed by atoms with Crippen molar-refractivity contribution in [2.24, 2.45) is 35.2 Å². The van der Waals surface area contributed by atoms with Gasteiger partial charge in [0.25, 0.3) is 11.1 Å². The average Bonchev–Trinajstić information content (AvgIpc) is 3.28. The second kappa shape index (κ2) is 8.12. The number of aromatic nitrogens is 8. The van der Waals surface area contributed by atoms with Crippen LogP contribution in [-0.4, -0.2) is 37.8 Å². The number of aromatic amines is 1. The van der Waals surface area contributed by atoms with Gasteiger partial charge >= 0.3 is 11.4 Å². The number of imidazole rings is 2. The van der Waals surface area contributed by atoms with E-state index in [4.69, 9.17) is 0 Å². The topological polar surface area (TPSA) is 134 Å². The van der Waals surface area contributed by atoms with Crippen LogP contribution in [0.1, 0.15) is 13.8 Å². The van der Waals surface area contributed by atoms with Gasteiger partial charge in [0.15, 0.2) is 22.3 Å². The van der Waals surface area contributed by atoms with Crippen molar-refractivity contribution in [3.8, 4) is 0 Å². The minimum absolute atomic E-state index is 0.317. The number of nitrogens with zero attached hydrogens (tertiary/aromatic N) is 7. The summed E-state index contributed by atoms with van der Waals surface area (Å²) in [6.07, 6.45) is 3.01. The standard InChI is InChI=1S/C8H10N4O2.C7H8N4O2.C2H6/c1-10-4-9-6-5(10)7(13)12(3)8(14)11(6)2;1-10-3-8-5-4(10)6(12)11(2)7(13)9-5;1-2/h4H,1-3H3;3H,1-2H3,(H,9,13);1-2H3. The van der Waals surface area contributed by atoms with Gasteiger partial charge in [-0.15, -0.1) is 0 Å². The highest BCUT2D eigenvalue weighted by molar-refractivity contribution is 5.70. The lowest BCUT2D eigenvalue weighted by molar-refractivity contribution is 0.705. The Bertz CT molecular complexity index is 1410. The minimum atomic E-state index is -0.448. The maximum atomic E-state index is 11.7. The third-order valence-electron chi connectivity index (χ3n) is 4.29. The molecule has 1 N–H and O–H groups in total. The van der Waals surface area contributed by atoms with Crippen molar-refractivity contribution in [1.82, 2.24) is 37.8 Å². The van der Waals surface area contributed by atoms with Crippen LogP contribution in [0, 0.1) is 0 Å². The Balaban J connectivity index is 0.000000191. The Morgan fingerprint density at radius 1 is 0.724 bits per heavy atom. The summed E-state index contributed by atoms with van der Waals surface area (Å²) in [5, 5.41) is 0. The third-order valence-corrected chi connectivity index (χ3v) is 4.29. The largest absolute Gasteiger partial charge is 0.332 e. The van der Waals surface area contributed by atoms with E-state index in [1.54, 1.807) is 30.3 Å². The van der Waals surface area contributed by atoms with Gasteiger partial charge in [0, 0.05) is 35.2 Å². The molecule has 0 aliphatic carbocycles. The molecule has 0 fully saturated rings. The van der Waals surface area contributed by atoms with Gasteiger partial charge in [-0.25, -0.2) is 19.6 Å². The molecule has 0 unspecified atom stereocenters. The second-order valence-corrected chi connectivity index (χ2v) is 6.08. The zero-order valence-electron chi connectivity index (χ0n) is 17.4. The van der Waals surface area contributed by atoms with E-state index in [0.29, 0.717) is 22.3 Å². The normalized spacial score (nSPS) is 10.4. The molecule has 12 heteroatoms. The molecular formula is C17H24N8O4. The summed E-state index contributed by atoms with van der Waals surface area (Å²) in [6.45, 7) is 4.00. The van der Waals surface area contributed by atoms with Gasteiger partial charge in [0.1, 0.15) is 0 Å². The van der Waals surface area contributed by atoms with Crippen LogP contribution < -0.4 is 22.5 Å². The molecule has 0 saturated carbocycles. The SMILES string of the molecule is CC.Cn1c(=O)[nH]c2ncn(C)c2c1=O.Cn1c(=O)c2c(ncn2C)n(C)c1=O. The van der Waals surface area contributed by atoms with Gasteiger partial charge in [-0.2, -0.15) is 0 Å². The second-order valence-electron chi connectivity index (χ2n) is 6.08. The van der Waals surface area contributed by atoms with Crippen molar-refractivity contribution in [2.45, 2.75) is 13.8 Å². The van der Waals surface area contributed by atoms with E-state index >= 15 is 0 Å². The summed E-state index contributed by atoms with van der Waals surface area (Å²) in [5.41, 5.74) is 0.132. The van der Waals surface area contributed by atoms with E-state index in [9.17, 15) is 19.2 Å². The molecule has 0 atom stereocenters. The number of fused-ring (bicyclic) bond motifs is 2. The lowest BCUT2D eigenvalue weighted by atomic mass is 10.5. The van der Waals surface area contributed by atoms with Crippen LogP contribution in [0.4, 0.5) is 0 Å². The van der Waals surface area contributed by atoms with Crippen molar-refractivity contribution >= 4 is 22.3 Å². The smallest absolute Gasteiger partial charge is 0.328 e. The molecule has 0 spiro atoms. The first-order valence-corrected chi connectivity index (χ1v) is 8.82. The van der Waals surface area contributed by atoms with Crippen LogP contribution in [0.2, 0.25) is 0 Å². The highest BCUT2D eigenvalue weighted by atomic mass is 16.2. The molecule has 0 saturated heterocycles. The van der Waals surface area contributed by atoms with Gasteiger partial charge < -0.3 is 9.13 Å². The molecule has 4 aromatic rings. The molecule has 0 aromatic carbocycles. The zero-order valence-corrected chi connectivity index (χ0v) is 17.4. The summed E-state index contributed by atoms with van der Waals surface area (Å²) in [5.74, 6) is 0. The molecule has 0 amide bonds. The number of nitrogens with one attached hydrogen (secondary N) is 1. The Morgan fingerprint density at radius 3 is 1.86 bits per heavy atom. The van der Waals surface area contributed by atoms with Gasteiger partial charge in [-0.1, -0.05) is 13.8 Å². The first-order chi connectivity index (χ1) is 13.6. The van der Waals surface area contributed by atoms with Crippen LogP contribution in [0.3, 0.4) is 0 Å². The molecule has 4 aromatic heterocycles. The van der Waals surface area contributed by atoms with E-state index < -0.39 is 5.69 Å². The quantitative estimate of drug-likeness (QED) is 0.398. The summed E-state index contributed by atoms with van der Waals surface area (Å²) in [4.78, 5) is 56.2. The third kappa shape index (κ3) is 3.56. The molecule has 0 aliphatic rings. The Morgan fingerprint density at radius 2 is 1.24 bits per heavy atom. The van der Waals surface area contributed by atoms with Crippen LogP contribution in [0.5, 0.6) is 0 Å². The summed E-state index contributed by atoms with van der Waals surface area (Å²) < 4.78 is 6.63. The van der Waals surface area contributed by atoms with E-state index in [2.05, 4.69) is 15.0 Å². The van der Waals surface area contributed by atoms with Crippen LogP contribution >= 0.6 is 0 Å². The van der Waals surface area contributed by atoms with Crippen LogP contribution in [0.25, 0.3) is 22.3 Å². The number of hydrogen-bond acceptors (Lipinski definition) is 6. The van der Waals surface area contributed by atoms with Gasteiger partial charge in [0.05, 0.1) is 12.7 Å². The number of rotatable bonds is 0. The van der Waals surface area contributed by atoms with Crippen molar-refractivity contribution < 1.29 is 0 Å². The van der Waals surface area contributed by atoms with E-state index in [1.807, 2.05) is 13.8 Å². The van der Waals surface area contributed by atoms with Gasteiger partial charge in [-0.3, -0.25) is 28.3 Å². The molecular weight excluding hydrogens is 380 g/mol. The van der Waals surface area contributed by atoms with Crippen LogP contribution in [-0.2, 0) is 35.2 Å². The molecule has 4 heterocycles. The molecule has 156 valence electrons. The van der Waals surface area contributed by atoms with Crippen molar-refractivity contribution in [1.29, 1.82) is 0 Å². The molecule has 29 heavy (non-hydrogen) atoms. The summed E-state index contributed by atoms with van der Waals surface area (Å²) >= 11 is 0. The first kappa shape index (κ1) is 21.6. The van der Waals surface area contributed by atoms with Crippen molar-refractivity contribution in [3.63, 3.8) is 0 Å². The molecule has 12 nitrogen and oxygen atoms in total. The summed E-state index contributed by atoms with van der Waals surface area (Å²) in [6, 6.07) is 0. The monoisotopic (exact) mass is 404 g/mol. The van der Waals surface area contributed by atoms with Gasteiger partial charge in [0.2, 0.25) is 0 Å². The van der Waals surface area contributed by atoms with E-state index in [1.165, 1.54) is 31.3 Å². The fourth-order valence-corrected chi connectivity index (χ4v) is 2.68. The zero-order chi connectivity index (χ0) is 22.0. The predicted octanol–water partition coefficient (Wildman–Crippen LogP) is -1.04. The van der Waals surface area contributed by atoms with Crippen molar-refractivity contribution in [3.05, 3.63) is 54.3 Å².